The van der Waals surface area contributed by atoms with E-state index in [9.17, 15) is 17.6 Å². The molecule has 32 heavy (non-hydrogen) atoms. The molecule has 0 heterocycles. The van der Waals surface area contributed by atoms with Gasteiger partial charge < -0.3 is 4.74 Å². The van der Waals surface area contributed by atoms with Gasteiger partial charge in [-0.25, -0.2) is 17.6 Å². The summed E-state index contributed by atoms with van der Waals surface area (Å²) in [5.74, 6) is -3.45. The quantitative estimate of drug-likeness (QED) is 0.218. The van der Waals surface area contributed by atoms with Gasteiger partial charge >= 0.3 is 0 Å². The Balaban J connectivity index is 1.73. The number of hydrogen-bond donors (Lipinski definition) is 0. The molecule has 0 radical (unpaired) electrons. The van der Waals surface area contributed by atoms with Crippen LogP contribution in [0.1, 0.15) is 67.7 Å². The second-order valence-electron chi connectivity index (χ2n) is 8.10. The average Bonchev–Trinajstić information content (AvgIpc) is 2.80. The van der Waals surface area contributed by atoms with Crippen LogP contribution < -0.4 is 0 Å². The lowest BCUT2D eigenvalue weighted by Crippen LogP contribution is -2.10. The van der Waals surface area contributed by atoms with E-state index in [2.05, 4.69) is 0 Å². The number of halogens is 4. The van der Waals surface area contributed by atoms with Crippen molar-refractivity contribution in [2.24, 2.45) is 0 Å². The van der Waals surface area contributed by atoms with E-state index in [0.717, 1.165) is 0 Å². The topological polar surface area (TPSA) is 9.23 Å². The highest BCUT2D eigenvalue weighted by Crippen LogP contribution is 2.39. The Kier molecular flexibility index (Phi) is 8.68. The summed E-state index contributed by atoms with van der Waals surface area (Å²) in [4.78, 5) is 0. The minimum Gasteiger partial charge on any atom is -0.381 e. The zero-order valence-electron chi connectivity index (χ0n) is 18.7. The first-order valence-electron chi connectivity index (χ1n) is 11.3. The van der Waals surface area contributed by atoms with Crippen LogP contribution in [0.15, 0.2) is 42.5 Å². The molecular formula is C27H30F4O. The lowest BCUT2D eigenvalue weighted by molar-refractivity contribution is 0.150. The lowest BCUT2D eigenvalue weighted by Gasteiger charge is -2.24. The van der Waals surface area contributed by atoms with Crippen molar-refractivity contribution < 1.29 is 22.3 Å². The summed E-state index contributed by atoms with van der Waals surface area (Å²) in [6, 6.07) is 6.53. The summed E-state index contributed by atoms with van der Waals surface area (Å²) >= 11 is 0. The Morgan fingerprint density at radius 2 is 1.66 bits per heavy atom. The van der Waals surface area contributed by atoms with Gasteiger partial charge in [0.1, 0.15) is 0 Å². The van der Waals surface area contributed by atoms with Crippen LogP contribution in [0, 0.1) is 23.3 Å². The van der Waals surface area contributed by atoms with Crippen molar-refractivity contribution in [3.8, 4) is 0 Å². The first-order chi connectivity index (χ1) is 15.5. The SMILES string of the molecule is CC=CCCc1ccc(C2CC=C(c3ccc(CCOCC)c(F)c3F)CC2)c(F)c1F. The van der Waals surface area contributed by atoms with Gasteiger partial charge in [0, 0.05) is 12.2 Å². The van der Waals surface area contributed by atoms with Crippen molar-refractivity contribution in [2.75, 3.05) is 13.2 Å². The van der Waals surface area contributed by atoms with Gasteiger partial charge in [0.15, 0.2) is 23.3 Å². The predicted molar refractivity (Wildman–Crippen MR) is 121 cm³/mol. The maximum absolute atomic E-state index is 14.7. The van der Waals surface area contributed by atoms with E-state index in [1.54, 1.807) is 24.3 Å². The standard InChI is InChI=1S/C27H30F4O/c1-3-5-6-7-20-12-14-22(26(30)24(20)28)18-8-10-19(11-9-18)23-15-13-21(16-17-32-4-2)25(29)27(23)31/h3,5,10,12-15,18H,4,6-9,11,16-17H2,1-2H3. The summed E-state index contributed by atoms with van der Waals surface area (Å²) in [5.41, 5.74) is 1.97. The van der Waals surface area contributed by atoms with Crippen molar-refractivity contribution in [1.29, 1.82) is 0 Å². The van der Waals surface area contributed by atoms with Gasteiger partial charge in [-0.05, 0) is 80.6 Å². The van der Waals surface area contributed by atoms with Gasteiger partial charge in [-0.3, -0.25) is 0 Å². The van der Waals surface area contributed by atoms with Crippen LogP contribution in [0.2, 0.25) is 0 Å². The molecule has 1 unspecified atom stereocenters. The molecule has 0 spiro atoms. The number of allylic oxidation sites excluding steroid dienone is 4. The Morgan fingerprint density at radius 3 is 2.34 bits per heavy atom. The molecule has 3 rings (SSSR count). The zero-order chi connectivity index (χ0) is 23.1. The highest BCUT2D eigenvalue weighted by Gasteiger charge is 2.25. The Hall–Kier alpha value is -2.40. The third kappa shape index (κ3) is 5.50. The van der Waals surface area contributed by atoms with E-state index < -0.39 is 23.3 Å². The van der Waals surface area contributed by atoms with Crippen molar-refractivity contribution in [3.63, 3.8) is 0 Å². The third-order valence-corrected chi connectivity index (χ3v) is 6.09. The summed E-state index contributed by atoms with van der Waals surface area (Å²) < 4.78 is 63.6. The fourth-order valence-corrected chi connectivity index (χ4v) is 4.24. The predicted octanol–water partition coefficient (Wildman–Crippen LogP) is 7.68. The molecule has 0 N–H and O–H groups in total. The number of benzene rings is 2. The smallest absolute Gasteiger partial charge is 0.166 e. The van der Waals surface area contributed by atoms with E-state index in [1.807, 2.05) is 32.1 Å². The zero-order valence-corrected chi connectivity index (χ0v) is 18.7. The molecule has 0 fully saturated rings. The summed E-state index contributed by atoms with van der Waals surface area (Å²) in [6.45, 7) is 4.61. The molecule has 0 saturated heterocycles. The highest BCUT2D eigenvalue weighted by atomic mass is 19.2. The van der Waals surface area contributed by atoms with Crippen LogP contribution in [0.5, 0.6) is 0 Å². The molecule has 0 bridgehead atoms. The van der Waals surface area contributed by atoms with Crippen LogP contribution >= 0.6 is 0 Å². The van der Waals surface area contributed by atoms with Crippen LogP contribution in [0.3, 0.4) is 0 Å². The number of ether oxygens (including phenoxy) is 1. The Bertz CT molecular complexity index is 994. The Morgan fingerprint density at radius 1 is 0.938 bits per heavy atom. The summed E-state index contributed by atoms with van der Waals surface area (Å²) in [7, 11) is 0. The molecule has 1 atom stereocenters. The maximum Gasteiger partial charge on any atom is 0.166 e. The fourth-order valence-electron chi connectivity index (χ4n) is 4.24. The largest absolute Gasteiger partial charge is 0.381 e. The molecule has 2 aromatic rings. The van der Waals surface area contributed by atoms with Gasteiger partial charge in [0.25, 0.3) is 0 Å². The molecular weight excluding hydrogens is 416 g/mol. The number of aryl methyl sites for hydroxylation is 1. The summed E-state index contributed by atoms with van der Waals surface area (Å²) in [6.07, 6.45) is 8.54. The van der Waals surface area contributed by atoms with E-state index in [4.69, 9.17) is 4.74 Å². The molecule has 0 saturated carbocycles. The molecule has 172 valence electrons. The van der Waals surface area contributed by atoms with E-state index in [-0.39, 0.29) is 11.5 Å². The van der Waals surface area contributed by atoms with Gasteiger partial charge in [0.2, 0.25) is 0 Å². The second-order valence-corrected chi connectivity index (χ2v) is 8.10. The minimum absolute atomic E-state index is 0.184. The lowest BCUT2D eigenvalue weighted by atomic mass is 9.81. The Labute approximate surface area is 187 Å². The molecule has 1 aliphatic rings. The average molecular weight is 447 g/mol. The molecule has 0 amide bonds. The van der Waals surface area contributed by atoms with Gasteiger partial charge in [-0.15, -0.1) is 0 Å². The maximum atomic E-state index is 14.7. The van der Waals surface area contributed by atoms with Crippen LogP contribution in [0.25, 0.3) is 5.57 Å². The molecule has 1 aliphatic carbocycles. The van der Waals surface area contributed by atoms with Gasteiger partial charge in [-0.2, -0.15) is 0 Å². The second kappa shape index (κ2) is 11.5. The van der Waals surface area contributed by atoms with Crippen LogP contribution in [-0.2, 0) is 17.6 Å². The fraction of sp³-hybridized carbons (Fsp3) is 0.407. The normalized spacial score (nSPS) is 16.6. The van der Waals surface area contributed by atoms with Gasteiger partial charge in [0.05, 0.1) is 6.61 Å². The summed E-state index contributed by atoms with van der Waals surface area (Å²) in [5, 5.41) is 0. The number of rotatable bonds is 9. The van der Waals surface area contributed by atoms with Crippen molar-refractivity contribution >= 4 is 5.57 Å². The van der Waals surface area contributed by atoms with E-state index >= 15 is 0 Å². The van der Waals surface area contributed by atoms with E-state index in [1.165, 1.54) is 0 Å². The van der Waals surface area contributed by atoms with Crippen molar-refractivity contribution in [1.82, 2.24) is 0 Å². The highest BCUT2D eigenvalue weighted by molar-refractivity contribution is 5.67. The minimum atomic E-state index is -0.855. The molecule has 0 aliphatic heterocycles. The van der Waals surface area contributed by atoms with Crippen molar-refractivity contribution in [2.45, 2.75) is 58.3 Å². The molecule has 5 heteroatoms. The third-order valence-electron chi connectivity index (χ3n) is 6.09. The molecule has 1 nitrogen and oxygen atoms in total. The van der Waals surface area contributed by atoms with Gasteiger partial charge in [-0.1, -0.05) is 42.5 Å². The first-order valence-corrected chi connectivity index (χ1v) is 11.3. The van der Waals surface area contributed by atoms with Crippen LogP contribution in [0.4, 0.5) is 17.6 Å². The molecule has 2 aromatic carbocycles. The van der Waals surface area contributed by atoms with Crippen molar-refractivity contribution in [3.05, 3.63) is 88.0 Å². The number of hydrogen-bond acceptors (Lipinski definition) is 1. The molecule has 0 aromatic heterocycles. The first kappa shape index (κ1) is 24.2. The van der Waals surface area contributed by atoms with E-state index in [0.29, 0.717) is 74.0 Å². The monoisotopic (exact) mass is 446 g/mol. The van der Waals surface area contributed by atoms with Crippen LogP contribution in [-0.4, -0.2) is 13.2 Å².